The van der Waals surface area contributed by atoms with E-state index in [1.807, 2.05) is 5.38 Å². The summed E-state index contributed by atoms with van der Waals surface area (Å²) in [5.41, 5.74) is 1.85. The molecule has 3 rings (SSSR count). The van der Waals surface area contributed by atoms with Gasteiger partial charge in [-0.15, -0.1) is 11.3 Å². The van der Waals surface area contributed by atoms with Gasteiger partial charge in [0.2, 0.25) is 11.8 Å². The highest BCUT2D eigenvalue weighted by atomic mass is 32.2. The molecule has 0 fully saturated rings. The highest BCUT2D eigenvalue weighted by molar-refractivity contribution is 8.01. The molecule has 0 aliphatic rings. The second kappa shape index (κ2) is 11.4. The van der Waals surface area contributed by atoms with Gasteiger partial charge in [-0.25, -0.2) is 4.98 Å². The van der Waals surface area contributed by atoms with E-state index in [9.17, 15) is 9.59 Å². The number of anilines is 2. The molecule has 0 aliphatic heterocycles. The fraction of sp³-hybridized carbons (Fsp3) is 0.227. The van der Waals surface area contributed by atoms with Crippen molar-refractivity contribution in [3.63, 3.8) is 0 Å². The molecule has 0 spiro atoms. The SMILES string of the molecule is COc1ccc(NC(=O)CSc2nc(CC(=O)Nc3cc(OC)ccc3OC)cs2)cc1. The summed E-state index contributed by atoms with van der Waals surface area (Å²) in [7, 11) is 4.68. The van der Waals surface area contributed by atoms with Crippen LogP contribution in [0, 0.1) is 0 Å². The Morgan fingerprint density at radius 1 is 0.938 bits per heavy atom. The summed E-state index contributed by atoms with van der Waals surface area (Å²) in [6.07, 6.45) is 0.107. The second-order valence-corrected chi connectivity index (χ2v) is 8.54. The minimum Gasteiger partial charge on any atom is -0.497 e. The highest BCUT2D eigenvalue weighted by Crippen LogP contribution is 2.29. The van der Waals surface area contributed by atoms with Crippen molar-refractivity contribution >= 4 is 46.3 Å². The molecule has 8 nitrogen and oxygen atoms in total. The van der Waals surface area contributed by atoms with Gasteiger partial charge in [-0.2, -0.15) is 0 Å². The average Bonchev–Trinajstić information content (AvgIpc) is 3.25. The summed E-state index contributed by atoms with van der Waals surface area (Å²) in [6.45, 7) is 0. The fourth-order valence-corrected chi connectivity index (χ4v) is 4.35. The number of methoxy groups -OCH3 is 3. The van der Waals surface area contributed by atoms with Crippen molar-refractivity contribution in [3.8, 4) is 17.2 Å². The Labute approximate surface area is 194 Å². The number of nitrogens with one attached hydrogen (secondary N) is 2. The number of hydrogen-bond acceptors (Lipinski definition) is 8. The van der Waals surface area contributed by atoms with Crippen LogP contribution in [0.4, 0.5) is 11.4 Å². The molecule has 0 saturated heterocycles. The molecule has 2 N–H and O–H groups in total. The Kier molecular flexibility index (Phi) is 8.34. The molecular formula is C22H23N3O5S2. The van der Waals surface area contributed by atoms with Crippen molar-refractivity contribution < 1.29 is 23.8 Å². The lowest BCUT2D eigenvalue weighted by Gasteiger charge is -2.11. The quantitative estimate of drug-likeness (QED) is 0.428. The molecule has 0 saturated carbocycles. The van der Waals surface area contributed by atoms with Crippen LogP contribution in [0.2, 0.25) is 0 Å². The lowest BCUT2D eigenvalue weighted by atomic mass is 10.2. The first-order chi connectivity index (χ1) is 15.5. The zero-order chi connectivity index (χ0) is 22.9. The van der Waals surface area contributed by atoms with E-state index in [0.717, 1.165) is 10.1 Å². The summed E-state index contributed by atoms with van der Waals surface area (Å²) in [5.74, 6) is 1.72. The average molecular weight is 474 g/mol. The van der Waals surface area contributed by atoms with Crippen LogP contribution in [0.25, 0.3) is 0 Å². The van der Waals surface area contributed by atoms with E-state index < -0.39 is 0 Å². The number of carbonyl (C=O) groups excluding carboxylic acids is 2. The van der Waals surface area contributed by atoms with Gasteiger partial charge in [0.05, 0.1) is 44.9 Å². The topological polar surface area (TPSA) is 98.8 Å². The largest absolute Gasteiger partial charge is 0.497 e. The van der Waals surface area contributed by atoms with Crippen LogP contribution < -0.4 is 24.8 Å². The number of nitrogens with zero attached hydrogens (tertiary/aromatic N) is 1. The third-order valence-corrected chi connectivity index (χ3v) is 6.32. The van der Waals surface area contributed by atoms with E-state index >= 15 is 0 Å². The molecular weight excluding hydrogens is 450 g/mol. The maximum Gasteiger partial charge on any atom is 0.234 e. The van der Waals surface area contributed by atoms with E-state index in [0.29, 0.717) is 28.6 Å². The zero-order valence-corrected chi connectivity index (χ0v) is 19.5. The van der Waals surface area contributed by atoms with Gasteiger partial charge in [0.15, 0.2) is 4.34 Å². The third-order valence-electron chi connectivity index (χ3n) is 4.25. The summed E-state index contributed by atoms with van der Waals surface area (Å²) < 4.78 is 16.3. The summed E-state index contributed by atoms with van der Waals surface area (Å²) in [6, 6.07) is 12.3. The molecule has 2 amide bonds. The van der Waals surface area contributed by atoms with Gasteiger partial charge in [0.25, 0.3) is 0 Å². The standard InChI is InChI=1S/C22H23N3O5S2/c1-28-16-6-4-14(5-7-16)23-21(27)13-32-22-24-15(12-31-22)10-20(26)25-18-11-17(29-2)8-9-19(18)30-3/h4-9,11-12H,10,13H2,1-3H3,(H,23,27)(H,25,26). The molecule has 3 aromatic rings. The Morgan fingerprint density at radius 3 is 2.34 bits per heavy atom. The Balaban J connectivity index is 1.50. The van der Waals surface area contributed by atoms with Crippen LogP contribution in [0.3, 0.4) is 0 Å². The van der Waals surface area contributed by atoms with Gasteiger partial charge in [-0.05, 0) is 36.4 Å². The van der Waals surface area contributed by atoms with Gasteiger partial charge in [-0.3, -0.25) is 9.59 Å². The van der Waals surface area contributed by atoms with Crippen LogP contribution in [0.1, 0.15) is 5.69 Å². The number of benzene rings is 2. The van der Waals surface area contributed by atoms with Crippen molar-refractivity contribution in [2.24, 2.45) is 0 Å². The molecule has 1 heterocycles. The van der Waals surface area contributed by atoms with E-state index in [1.165, 1.54) is 30.2 Å². The number of rotatable bonds is 10. The lowest BCUT2D eigenvalue weighted by molar-refractivity contribution is -0.116. The molecule has 0 atom stereocenters. The van der Waals surface area contributed by atoms with Crippen molar-refractivity contribution in [3.05, 3.63) is 53.5 Å². The number of amides is 2. The van der Waals surface area contributed by atoms with Crippen LogP contribution in [-0.2, 0) is 16.0 Å². The van der Waals surface area contributed by atoms with E-state index in [2.05, 4.69) is 15.6 Å². The second-order valence-electron chi connectivity index (χ2n) is 6.46. The molecule has 0 radical (unpaired) electrons. The first kappa shape index (κ1) is 23.4. The number of hydrogen-bond donors (Lipinski definition) is 2. The number of ether oxygens (including phenoxy) is 3. The molecule has 32 heavy (non-hydrogen) atoms. The van der Waals surface area contributed by atoms with E-state index in [4.69, 9.17) is 14.2 Å². The molecule has 0 unspecified atom stereocenters. The molecule has 168 valence electrons. The van der Waals surface area contributed by atoms with Crippen molar-refractivity contribution in [2.75, 3.05) is 37.7 Å². The summed E-state index contributed by atoms with van der Waals surface area (Å²) >= 11 is 2.72. The van der Waals surface area contributed by atoms with Gasteiger partial charge in [0.1, 0.15) is 17.2 Å². The predicted octanol–water partition coefficient (Wildman–Crippen LogP) is 4.08. The molecule has 0 bridgehead atoms. The summed E-state index contributed by atoms with van der Waals surface area (Å²) in [5, 5.41) is 7.46. The minimum atomic E-state index is -0.226. The van der Waals surface area contributed by atoms with Gasteiger partial charge >= 0.3 is 0 Å². The summed E-state index contributed by atoms with van der Waals surface area (Å²) in [4.78, 5) is 29.1. The first-order valence-corrected chi connectivity index (χ1v) is 11.4. The van der Waals surface area contributed by atoms with Crippen molar-refractivity contribution in [1.82, 2.24) is 4.98 Å². The molecule has 0 aliphatic carbocycles. The first-order valence-electron chi connectivity index (χ1n) is 9.53. The predicted molar refractivity (Wildman–Crippen MR) is 126 cm³/mol. The smallest absolute Gasteiger partial charge is 0.234 e. The molecule has 2 aromatic carbocycles. The van der Waals surface area contributed by atoms with Crippen LogP contribution in [0.15, 0.2) is 52.2 Å². The normalized spacial score (nSPS) is 10.3. The monoisotopic (exact) mass is 473 g/mol. The molecule has 10 heteroatoms. The van der Waals surface area contributed by atoms with Crippen LogP contribution >= 0.6 is 23.1 Å². The number of thioether (sulfide) groups is 1. The number of thiazole rings is 1. The van der Waals surface area contributed by atoms with Gasteiger partial charge in [0, 0.05) is 17.1 Å². The minimum absolute atomic E-state index is 0.107. The maximum atomic E-state index is 12.5. The Hall–Kier alpha value is -3.24. The van der Waals surface area contributed by atoms with E-state index in [-0.39, 0.29) is 24.0 Å². The number of aromatic nitrogens is 1. The fourth-order valence-electron chi connectivity index (χ4n) is 2.71. The van der Waals surface area contributed by atoms with Crippen molar-refractivity contribution in [2.45, 2.75) is 10.8 Å². The lowest BCUT2D eigenvalue weighted by Crippen LogP contribution is -2.15. The van der Waals surface area contributed by atoms with E-state index in [1.54, 1.807) is 56.7 Å². The third kappa shape index (κ3) is 6.63. The maximum absolute atomic E-state index is 12.5. The number of carbonyl (C=O) groups is 2. The Morgan fingerprint density at radius 2 is 1.66 bits per heavy atom. The van der Waals surface area contributed by atoms with Crippen LogP contribution in [-0.4, -0.2) is 43.9 Å². The van der Waals surface area contributed by atoms with Crippen LogP contribution in [0.5, 0.6) is 17.2 Å². The zero-order valence-electron chi connectivity index (χ0n) is 17.8. The van der Waals surface area contributed by atoms with Gasteiger partial charge < -0.3 is 24.8 Å². The Bertz CT molecular complexity index is 1070. The molecule has 1 aromatic heterocycles. The van der Waals surface area contributed by atoms with Crippen molar-refractivity contribution in [1.29, 1.82) is 0 Å². The van der Waals surface area contributed by atoms with Gasteiger partial charge in [-0.1, -0.05) is 11.8 Å². The highest BCUT2D eigenvalue weighted by Gasteiger charge is 2.13.